The van der Waals surface area contributed by atoms with E-state index in [9.17, 15) is 0 Å². The predicted molar refractivity (Wildman–Crippen MR) is 85.2 cm³/mol. The highest BCUT2D eigenvalue weighted by Gasteiger charge is 2.08. The zero-order valence-electron chi connectivity index (χ0n) is 11.7. The summed E-state index contributed by atoms with van der Waals surface area (Å²) in [6.45, 7) is 0. The number of hydrogen-bond donors (Lipinski definition) is 1. The molecule has 0 atom stereocenters. The first-order valence-corrected chi connectivity index (χ1v) is 7.65. The fourth-order valence-electron chi connectivity index (χ4n) is 1.95. The standard InChI is InChI=1S/C15H14N4OS/c1-16-12-9-13(19-15(18-12)21-2)20-11-7-3-5-10-6-4-8-17-14(10)11/h3-9H,1-2H3,(H,16,18,19). The number of hydrogen-bond acceptors (Lipinski definition) is 6. The van der Waals surface area contributed by atoms with Crippen LogP contribution >= 0.6 is 11.8 Å². The lowest BCUT2D eigenvalue weighted by atomic mass is 10.2. The molecule has 21 heavy (non-hydrogen) atoms. The van der Waals surface area contributed by atoms with Gasteiger partial charge in [-0.3, -0.25) is 4.98 Å². The average molecular weight is 298 g/mol. The number of para-hydroxylation sites is 1. The van der Waals surface area contributed by atoms with Crippen molar-refractivity contribution >= 4 is 28.5 Å². The maximum Gasteiger partial charge on any atom is 0.225 e. The molecule has 0 amide bonds. The predicted octanol–water partition coefficient (Wildman–Crippen LogP) is 3.58. The molecule has 1 N–H and O–H groups in total. The Morgan fingerprint density at radius 1 is 1.14 bits per heavy atom. The van der Waals surface area contributed by atoms with E-state index >= 15 is 0 Å². The summed E-state index contributed by atoms with van der Waals surface area (Å²) in [7, 11) is 1.82. The smallest absolute Gasteiger partial charge is 0.225 e. The summed E-state index contributed by atoms with van der Waals surface area (Å²) in [6, 6.07) is 11.5. The number of aromatic nitrogens is 3. The molecule has 6 heteroatoms. The summed E-state index contributed by atoms with van der Waals surface area (Å²) >= 11 is 1.47. The number of rotatable bonds is 4. The first-order chi connectivity index (χ1) is 10.3. The monoisotopic (exact) mass is 298 g/mol. The SMILES string of the molecule is CNc1cc(Oc2cccc3cccnc23)nc(SC)n1. The van der Waals surface area contributed by atoms with Gasteiger partial charge in [-0.1, -0.05) is 30.0 Å². The molecule has 5 nitrogen and oxygen atoms in total. The van der Waals surface area contributed by atoms with Crippen molar-refractivity contribution in [1.29, 1.82) is 0 Å². The second kappa shape index (κ2) is 5.97. The second-order valence-electron chi connectivity index (χ2n) is 4.26. The van der Waals surface area contributed by atoms with Gasteiger partial charge >= 0.3 is 0 Å². The van der Waals surface area contributed by atoms with E-state index < -0.39 is 0 Å². The quantitative estimate of drug-likeness (QED) is 0.587. The van der Waals surface area contributed by atoms with Crippen LogP contribution in [-0.4, -0.2) is 28.3 Å². The Balaban J connectivity index is 2.02. The molecule has 2 heterocycles. The van der Waals surface area contributed by atoms with Crippen molar-refractivity contribution in [2.24, 2.45) is 0 Å². The molecule has 3 rings (SSSR count). The molecule has 1 aromatic carbocycles. The van der Waals surface area contributed by atoms with E-state index in [0.717, 1.165) is 16.7 Å². The molecular weight excluding hydrogens is 284 g/mol. The fourth-order valence-corrected chi connectivity index (χ4v) is 2.32. The van der Waals surface area contributed by atoms with Crippen molar-refractivity contribution in [3.63, 3.8) is 0 Å². The van der Waals surface area contributed by atoms with Crippen molar-refractivity contribution in [2.45, 2.75) is 5.16 Å². The van der Waals surface area contributed by atoms with Gasteiger partial charge in [0.1, 0.15) is 11.3 Å². The summed E-state index contributed by atoms with van der Waals surface area (Å²) in [5.41, 5.74) is 0.815. The zero-order chi connectivity index (χ0) is 14.7. The maximum absolute atomic E-state index is 5.91. The van der Waals surface area contributed by atoms with Crippen molar-refractivity contribution in [2.75, 3.05) is 18.6 Å². The molecule has 0 saturated carbocycles. The van der Waals surface area contributed by atoms with Crippen LogP contribution in [0.2, 0.25) is 0 Å². The normalized spacial score (nSPS) is 10.6. The van der Waals surface area contributed by atoms with Crippen LogP contribution in [-0.2, 0) is 0 Å². The van der Waals surface area contributed by atoms with E-state index in [1.807, 2.05) is 43.6 Å². The van der Waals surface area contributed by atoms with Gasteiger partial charge in [0, 0.05) is 24.7 Å². The van der Waals surface area contributed by atoms with Crippen LogP contribution in [0.3, 0.4) is 0 Å². The van der Waals surface area contributed by atoms with E-state index in [1.165, 1.54) is 11.8 Å². The Morgan fingerprint density at radius 3 is 2.81 bits per heavy atom. The van der Waals surface area contributed by atoms with Gasteiger partial charge in [-0.2, -0.15) is 4.98 Å². The Bertz CT molecular complexity index is 751. The van der Waals surface area contributed by atoms with Crippen LogP contribution in [0.15, 0.2) is 47.8 Å². The molecule has 0 saturated heterocycles. The van der Waals surface area contributed by atoms with Crippen molar-refractivity contribution in [1.82, 2.24) is 15.0 Å². The van der Waals surface area contributed by atoms with Crippen molar-refractivity contribution in [3.05, 3.63) is 42.6 Å². The minimum Gasteiger partial charge on any atom is -0.437 e. The molecule has 0 aliphatic heterocycles. The molecule has 0 fully saturated rings. The lowest BCUT2D eigenvalue weighted by Gasteiger charge is -2.09. The summed E-state index contributed by atoms with van der Waals surface area (Å²) in [5, 5.41) is 4.69. The zero-order valence-corrected chi connectivity index (χ0v) is 12.5. The number of fused-ring (bicyclic) bond motifs is 1. The van der Waals surface area contributed by atoms with Crippen LogP contribution in [0.4, 0.5) is 5.82 Å². The van der Waals surface area contributed by atoms with Gasteiger partial charge in [0.2, 0.25) is 5.88 Å². The Kier molecular flexibility index (Phi) is 3.87. The number of pyridine rings is 1. The number of benzene rings is 1. The summed E-state index contributed by atoms with van der Waals surface area (Å²) < 4.78 is 5.91. The average Bonchev–Trinajstić information content (AvgIpc) is 2.55. The van der Waals surface area contributed by atoms with Crippen LogP contribution in [0, 0.1) is 0 Å². The third kappa shape index (κ3) is 2.90. The Hall–Kier alpha value is -2.34. The third-order valence-electron chi connectivity index (χ3n) is 2.93. The molecule has 0 aliphatic carbocycles. The third-order valence-corrected chi connectivity index (χ3v) is 3.48. The van der Waals surface area contributed by atoms with E-state index in [-0.39, 0.29) is 0 Å². The van der Waals surface area contributed by atoms with Crippen LogP contribution in [0.1, 0.15) is 0 Å². The number of nitrogens with zero attached hydrogens (tertiary/aromatic N) is 3. The van der Waals surface area contributed by atoms with Gasteiger partial charge in [-0.05, 0) is 18.4 Å². The Morgan fingerprint density at radius 2 is 2.00 bits per heavy atom. The first-order valence-electron chi connectivity index (χ1n) is 6.42. The van der Waals surface area contributed by atoms with Gasteiger partial charge in [-0.25, -0.2) is 4.98 Å². The molecule has 0 aliphatic rings. The van der Waals surface area contributed by atoms with E-state index in [1.54, 1.807) is 12.3 Å². The highest BCUT2D eigenvalue weighted by Crippen LogP contribution is 2.29. The topological polar surface area (TPSA) is 59.9 Å². The molecule has 106 valence electrons. The minimum atomic E-state index is 0.497. The summed E-state index contributed by atoms with van der Waals surface area (Å²) in [6.07, 6.45) is 3.68. The highest BCUT2D eigenvalue weighted by atomic mass is 32.2. The van der Waals surface area contributed by atoms with Crippen LogP contribution in [0.25, 0.3) is 10.9 Å². The van der Waals surface area contributed by atoms with E-state index in [0.29, 0.717) is 16.8 Å². The summed E-state index contributed by atoms with van der Waals surface area (Å²) in [4.78, 5) is 13.1. The van der Waals surface area contributed by atoms with Crippen LogP contribution < -0.4 is 10.1 Å². The van der Waals surface area contributed by atoms with E-state index in [4.69, 9.17) is 4.74 Å². The molecule has 0 bridgehead atoms. The molecule has 3 aromatic rings. The fraction of sp³-hybridized carbons (Fsp3) is 0.133. The van der Waals surface area contributed by atoms with Crippen molar-refractivity contribution in [3.8, 4) is 11.6 Å². The Labute approximate surface area is 126 Å². The largest absolute Gasteiger partial charge is 0.437 e. The van der Waals surface area contributed by atoms with E-state index in [2.05, 4.69) is 20.3 Å². The summed E-state index contributed by atoms with van der Waals surface area (Å²) in [5.74, 6) is 1.90. The van der Waals surface area contributed by atoms with Crippen molar-refractivity contribution < 1.29 is 4.74 Å². The molecule has 0 unspecified atom stereocenters. The lowest BCUT2D eigenvalue weighted by molar-refractivity contribution is 0.460. The van der Waals surface area contributed by atoms with Gasteiger partial charge in [0.05, 0.1) is 0 Å². The van der Waals surface area contributed by atoms with Gasteiger partial charge in [0.25, 0.3) is 0 Å². The molecule has 0 spiro atoms. The number of anilines is 1. The second-order valence-corrected chi connectivity index (χ2v) is 5.03. The number of nitrogens with one attached hydrogen (secondary N) is 1. The van der Waals surface area contributed by atoms with Crippen LogP contribution in [0.5, 0.6) is 11.6 Å². The molecule has 0 radical (unpaired) electrons. The van der Waals surface area contributed by atoms with Gasteiger partial charge in [-0.15, -0.1) is 0 Å². The number of thioether (sulfide) groups is 1. The number of ether oxygens (including phenoxy) is 1. The minimum absolute atomic E-state index is 0.497. The maximum atomic E-state index is 5.91. The first kappa shape index (κ1) is 13.6. The van der Waals surface area contributed by atoms with Gasteiger partial charge in [0.15, 0.2) is 10.9 Å². The molecule has 2 aromatic heterocycles. The lowest BCUT2D eigenvalue weighted by Crippen LogP contribution is -1.98. The van der Waals surface area contributed by atoms with Gasteiger partial charge < -0.3 is 10.1 Å². The highest BCUT2D eigenvalue weighted by molar-refractivity contribution is 7.98. The molecular formula is C15H14N4OS.